The molecule has 5 heteroatoms. The zero-order chi connectivity index (χ0) is 14.4. The van der Waals surface area contributed by atoms with Crippen LogP contribution >= 0.6 is 11.3 Å². The monoisotopic (exact) mass is 292 g/mol. The van der Waals surface area contributed by atoms with E-state index >= 15 is 0 Å². The van der Waals surface area contributed by atoms with Crippen LogP contribution in [0, 0.1) is 0 Å². The molecule has 1 N–H and O–H groups in total. The SMILES string of the molecule is CCCNC(Cc1cc(CC)nn1CC)c1cscn1. The highest BCUT2D eigenvalue weighted by atomic mass is 32.1. The van der Waals surface area contributed by atoms with E-state index in [-0.39, 0.29) is 6.04 Å². The lowest BCUT2D eigenvalue weighted by Crippen LogP contribution is -2.25. The number of aromatic nitrogens is 3. The lowest BCUT2D eigenvalue weighted by molar-refractivity contribution is 0.495. The molecule has 1 unspecified atom stereocenters. The number of rotatable bonds is 8. The number of aryl methyl sites for hydroxylation is 2. The van der Waals surface area contributed by atoms with Crippen molar-refractivity contribution in [3.8, 4) is 0 Å². The fourth-order valence-corrected chi connectivity index (χ4v) is 2.94. The predicted molar refractivity (Wildman–Crippen MR) is 84.1 cm³/mol. The van der Waals surface area contributed by atoms with Gasteiger partial charge in [-0.1, -0.05) is 13.8 Å². The maximum absolute atomic E-state index is 4.63. The van der Waals surface area contributed by atoms with Crippen LogP contribution in [0.4, 0.5) is 0 Å². The van der Waals surface area contributed by atoms with Crippen LogP contribution in [-0.4, -0.2) is 21.3 Å². The third-order valence-electron chi connectivity index (χ3n) is 3.44. The molecule has 1 atom stereocenters. The Bertz CT molecular complexity index is 504. The largest absolute Gasteiger partial charge is 0.308 e. The molecule has 2 heterocycles. The number of nitrogens with zero attached hydrogens (tertiary/aromatic N) is 3. The first-order valence-electron chi connectivity index (χ1n) is 7.45. The minimum atomic E-state index is 0.285. The van der Waals surface area contributed by atoms with E-state index in [0.717, 1.165) is 38.0 Å². The number of hydrogen-bond acceptors (Lipinski definition) is 4. The Kier molecular flexibility index (Phi) is 5.73. The van der Waals surface area contributed by atoms with Gasteiger partial charge in [0.1, 0.15) is 0 Å². The molecule has 0 saturated heterocycles. The number of thiazole rings is 1. The van der Waals surface area contributed by atoms with Gasteiger partial charge in [0.25, 0.3) is 0 Å². The molecule has 20 heavy (non-hydrogen) atoms. The van der Waals surface area contributed by atoms with Gasteiger partial charge in [-0.15, -0.1) is 11.3 Å². The average molecular weight is 292 g/mol. The minimum Gasteiger partial charge on any atom is -0.308 e. The summed E-state index contributed by atoms with van der Waals surface area (Å²) >= 11 is 1.66. The Morgan fingerprint density at radius 3 is 2.80 bits per heavy atom. The van der Waals surface area contributed by atoms with Gasteiger partial charge in [0.05, 0.1) is 22.9 Å². The summed E-state index contributed by atoms with van der Waals surface area (Å²) in [5.41, 5.74) is 5.52. The number of nitrogens with one attached hydrogen (secondary N) is 1. The van der Waals surface area contributed by atoms with Gasteiger partial charge < -0.3 is 5.32 Å². The average Bonchev–Trinajstić information content (AvgIpc) is 3.12. The molecule has 0 saturated carbocycles. The molecule has 0 aliphatic heterocycles. The zero-order valence-electron chi connectivity index (χ0n) is 12.6. The van der Waals surface area contributed by atoms with Gasteiger partial charge in [-0.05, 0) is 32.4 Å². The number of hydrogen-bond donors (Lipinski definition) is 1. The van der Waals surface area contributed by atoms with Crippen molar-refractivity contribution in [1.82, 2.24) is 20.1 Å². The highest BCUT2D eigenvalue weighted by Crippen LogP contribution is 2.19. The van der Waals surface area contributed by atoms with Crippen molar-refractivity contribution in [3.05, 3.63) is 34.0 Å². The molecule has 0 fully saturated rings. The quantitative estimate of drug-likeness (QED) is 0.812. The van der Waals surface area contributed by atoms with Crippen LogP contribution in [0.15, 0.2) is 17.0 Å². The van der Waals surface area contributed by atoms with E-state index in [1.54, 1.807) is 11.3 Å². The molecule has 2 aromatic rings. The van der Waals surface area contributed by atoms with Gasteiger partial charge in [-0.25, -0.2) is 4.98 Å². The van der Waals surface area contributed by atoms with Crippen molar-refractivity contribution < 1.29 is 0 Å². The molecule has 0 radical (unpaired) electrons. The highest BCUT2D eigenvalue weighted by molar-refractivity contribution is 7.07. The summed E-state index contributed by atoms with van der Waals surface area (Å²) in [5, 5.41) is 10.4. The molecule has 2 aromatic heterocycles. The topological polar surface area (TPSA) is 42.7 Å². The molecule has 2 rings (SSSR count). The summed E-state index contributed by atoms with van der Waals surface area (Å²) in [6.45, 7) is 8.43. The molecular weight excluding hydrogens is 268 g/mol. The zero-order valence-corrected chi connectivity index (χ0v) is 13.4. The van der Waals surface area contributed by atoms with E-state index in [1.165, 1.54) is 11.4 Å². The second kappa shape index (κ2) is 7.55. The lowest BCUT2D eigenvalue weighted by Gasteiger charge is -2.17. The Morgan fingerprint density at radius 2 is 2.20 bits per heavy atom. The smallest absolute Gasteiger partial charge is 0.0795 e. The van der Waals surface area contributed by atoms with E-state index in [4.69, 9.17) is 0 Å². The van der Waals surface area contributed by atoms with Crippen molar-refractivity contribution in [2.75, 3.05) is 6.54 Å². The van der Waals surface area contributed by atoms with E-state index in [2.05, 4.69) is 52.3 Å². The molecule has 0 bridgehead atoms. The molecule has 4 nitrogen and oxygen atoms in total. The summed E-state index contributed by atoms with van der Waals surface area (Å²) in [4.78, 5) is 4.47. The fraction of sp³-hybridized carbons (Fsp3) is 0.600. The summed E-state index contributed by atoms with van der Waals surface area (Å²) < 4.78 is 2.12. The van der Waals surface area contributed by atoms with Crippen LogP contribution in [0.5, 0.6) is 0 Å². The van der Waals surface area contributed by atoms with Gasteiger partial charge in [0.2, 0.25) is 0 Å². The molecule has 110 valence electrons. The maximum atomic E-state index is 4.63. The standard InChI is InChI=1S/C15H24N4S/c1-4-7-16-14(15-10-20-11-17-15)9-13-8-12(5-2)18-19(13)6-3/h8,10-11,14,16H,4-7,9H2,1-3H3. The van der Waals surface area contributed by atoms with Crippen LogP contribution in [0.25, 0.3) is 0 Å². The van der Waals surface area contributed by atoms with E-state index < -0.39 is 0 Å². The Labute approximate surface area is 125 Å². The second-order valence-corrected chi connectivity index (χ2v) is 5.64. The Hall–Kier alpha value is -1.20. The van der Waals surface area contributed by atoms with Gasteiger partial charge in [-0.3, -0.25) is 4.68 Å². The van der Waals surface area contributed by atoms with Crippen LogP contribution < -0.4 is 5.32 Å². The summed E-state index contributed by atoms with van der Waals surface area (Å²) in [6.07, 6.45) is 3.07. The second-order valence-electron chi connectivity index (χ2n) is 4.92. The minimum absolute atomic E-state index is 0.285. The first-order valence-corrected chi connectivity index (χ1v) is 8.39. The van der Waals surface area contributed by atoms with Gasteiger partial charge in [0, 0.05) is 24.0 Å². The van der Waals surface area contributed by atoms with Crippen molar-refractivity contribution in [2.24, 2.45) is 0 Å². The highest BCUT2D eigenvalue weighted by Gasteiger charge is 2.16. The molecule has 0 amide bonds. The molecule has 0 aliphatic carbocycles. The Morgan fingerprint density at radius 1 is 1.35 bits per heavy atom. The van der Waals surface area contributed by atoms with Crippen LogP contribution in [-0.2, 0) is 19.4 Å². The van der Waals surface area contributed by atoms with Gasteiger partial charge >= 0.3 is 0 Å². The molecule has 0 spiro atoms. The van der Waals surface area contributed by atoms with Gasteiger partial charge in [0.15, 0.2) is 0 Å². The molecular formula is C15H24N4S. The summed E-state index contributed by atoms with van der Waals surface area (Å²) in [7, 11) is 0. The Balaban J connectivity index is 2.16. The van der Waals surface area contributed by atoms with Crippen LogP contribution in [0.1, 0.15) is 50.3 Å². The normalized spacial score (nSPS) is 12.8. The van der Waals surface area contributed by atoms with Crippen molar-refractivity contribution in [3.63, 3.8) is 0 Å². The summed E-state index contributed by atoms with van der Waals surface area (Å²) in [6, 6.07) is 2.52. The van der Waals surface area contributed by atoms with Crippen LogP contribution in [0.3, 0.4) is 0 Å². The molecule has 0 aromatic carbocycles. The third-order valence-corrected chi connectivity index (χ3v) is 4.04. The van der Waals surface area contributed by atoms with E-state index in [9.17, 15) is 0 Å². The van der Waals surface area contributed by atoms with Crippen molar-refractivity contribution in [2.45, 2.75) is 52.6 Å². The first kappa shape index (κ1) is 15.2. The van der Waals surface area contributed by atoms with E-state index in [0.29, 0.717) is 0 Å². The summed E-state index contributed by atoms with van der Waals surface area (Å²) in [5.74, 6) is 0. The van der Waals surface area contributed by atoms with Gasteiger partial charge in [-0.2, -0.15) is 5.10 Å². The van der Waals surface area contributed by atoms with E-state index in [1.807, 2.05) is 5.51 Å². The lowest BCUT2D eigenvalue weighted by atomic mass is 10.1. The fourth-order valence-electron chi connectivity index (χ4n) is 2.33. The van der Waals surface area contributed by atoms with Crippen molar-refractivity contribution in [1.29, 1.82) is 0 Å². The maximum Gasteiger partial charge on any atom is 0.0795 e. The third kappa shape index (κ3) is 3.67. The molecule has 0 aliphatic rings. The van der Waals surface area contributed by atoms with Crippen LogP contribution in [0.2, 0.25) is 0 Å². The first-order chi connectivity index (χ1) is 9.78. The van der Waals surface area contributed by atoms with Crippen molar-refractivity contribution >= 4 is 11.3 Å². The predicted octanol–water partition coefficient (Wildman–Crippen LogP) is 3.21.